The first-order valence-corrected chi connectivity index (χ1v) is 5.78. The number of rotatable bonds is 4. The minimum atomic E-state index is 0.0704. The second-order valence-corrected chi connectivity index (χ2v) is 3.83. The topological polar surface area (TPSA) is 23.5 Å². The lowest BCUT2D eigenvalue weighted by molar-refractivity contribution is 0.261. The molecule has 14 heavy (non-hydrogen) atoms. The minimum absolute atomic E-state index is 0.0704. The molecule has 0 fully saturated rings. The number of hydrogen-bond acceptors (Lipinski definition) is 2. The average Bonchev–Trinajstić information content (AvgIpc) is 2.14. The SMILES string of the molecule is CC=C=C(Br)N(CCO)C(Br)=C=CC. The van der Waals surface area contributed by atoms with E-state index in [9.17, 15) is 0 Å². The van der Waals surface area contributed by atoms with E-state index in [0.717, 1.165) is 9.21 Å². The van der Waals surface area contributed by atoms with Gasteiger partial charge in [-0.15, -0.1) is 0 Å². The molecule has 0 amide bonds. The molecule has 0 aromatic carbocycles. The van der Waals surface area contributed by atoms with Gasteiger partial charge in [-0.1, -0.05) is 11.5 Å². The van der Waals surface area contributed by atoms with Gasteiger partial charge in [0.05, 0.1) is 6.61 Å². The summed E-state index contributed by atoms with van der Waals surface area (Å²) in [5.74, 6) is 0. The first-order valence-electron chi connectivity index (χ1n) is 4.19. The molecule has 78 valence electrons. The zero-order chi connectivity index (χ0) is 11.0. The van der Waals surface area contributed by atoms with E-state index in [1.165, 1.54) is 0 Å². The van der Waals surface area contributed by atoms with E-state index in [1.807, 2.05) is 18.7 Å². The van der Waals surface area contributed by atoms with Crippen molar-refractivity contribution in [2.75, 3.05) is 13.2 Å². The summed E-state index contributed by atoms with van der Waals surface area (Å²) in [5, 5.41) is 8.88. The maximum Gasteiger partial charge on any atom is 0.129 e. The third-order valence-corrected chi connectivity index (χ3v) is 2.64. The molecule has 0 saturated carbocycles. The van der Waals surface area contributed by atoms with Crippen molar-refractivity contribution in [3.63, 3.8) is 0 Å². The van der Waals surface area contributed by atoms with E-state index < -0.39 is 0 Å². The second-order valence-electron chi connectivity index (χ2n) is 2.32. The highest BCUT2D eigenvalue weighted by atomic mass is 79.9. The van der Waals surface area contributed by atoms with Gasteiger partial charge in [-0.2, -0.15) is 0 Å². The van der Waals surface area contributed by atoms with Crippen molar-refractivity contribution in [3.05, 3.63) is 32.8 Å². The number of nitrogens with zero attached hydrogens (tertiary/aromatic N) is 1. The molecule has 0 atom stereocenters. The standard InChI is InChI=1S/C10H13Br2NO/c1-3-5-9(11)13(7-8-14)10(12)6-4-2/h3-4,14H,7-8H2,1-2H3. The Balaban J connectivity index is 4.96. The number of allylic oxidation sites excluding steroid dienone is 2. The van der Waals surface area contributed by atoms with Crippen LogP contribution in [0.4, 0.5) is 0 Å². The molecule has 0 heterocycles. The predicted octanol–water partition coefficient (Wildman–Crippen LogP) is 3.10. The Hall–Kier alpha value is -0.240. The molecule has 0 saturated heterocycles. The zero-order valence-corrected chi connectivity index (χ0v) is 11.4. The Labute approximate surface area is 102 Å². The van der Waals surface area contributed by atoms with Crippen LogP contribution >= 0.6 is 31.9 Å². The smallest absolute Gasteiger partial charge is 0.129 e. The van der Waals surface area contributed by atoms with E-state index in [0.29, 0.717) is 6.54 Å². The summed E-state index contributed by atoms with van der Waals surface area (Å²) in [6.07, 6.45) is 3.59. The number of halogens is 2. The molecule has 1 N–H and O–H groups in total. The molecule has 0 aromatic rings. The first-order chi connectivity index (χ1) is 6.67. The van der Waals surface area contributed by atoms with Crippen LogP contribution in [0.2, 0.25) is 0 Å². The van der Waals surface area contributed by atoms with E-state index in [2.05, 4.69) is 43.3 Å². The van der Waals surface area contributed by atoms with Crippen molar-refractivity contribution in [1.82, 2.24) is 4.90 Å². The van der Waals surface area contributed by atoms with Gasteiger partial charge in [0.25, 0.3) is 0 Å². The van der Waals surface area contributed by atoms with Gasteiger partial charge in [0.2, 0.25) is 0 Å². The first kappa shape index (κ1) is 13.8. The van der Waals surface area contributed by atoms with Crippen LogP contribution in [0.3, 0.4) is 0 Å². The summed E-state index contributed by atoms with van der Waals surface area (Å²) >= 11 is 6.72. The maximum absolute atomic E-state index is 8.88. The summed E-state index contributed by atoms with van der Waals surface area (Å²) in [6, 6.07) is 0. The largest absolute Gasteiger partial charge is 0.395 e. The lowest BCUT2D eigenvalue weighted by Gasteiger charge is -2.19. The van der Waals surface area contributed by atoms with Gasteiger partial charge in [-0.25, -0.2) is 0 Å². The van der Waals surface area contributed by atoms with Gasteiger partial charge in [-0.05, 0) is 57.9 Å². The molecule has 0 bridgehead atoms. The Kier molecular flexibility index (Phi) is 7.96. The summed E-state index contributed by atoms with van der Waals surface area (Å²) < 4.78 is 1.52. The van der Waals surface area contributed by atoms with Crippen molar-refractivity contribution in [3.8, 4) is 0 Å². The highest BCUT2D eigenvalue weighted by Crippen LogP contribution is 2.20. The summed E-state index contributed by atoms with van der Waals surface area (Å²) in [7, 11) is 0. The van der Waals surface area contributed by atoms with Crippen molar-refractivity contribution in [2.24, 2.45) is 0 Å². The Morgan fingerprint density at radius 1 is 1.21 bits per heavy atom. The zero-order valence-electron chi connectivity index (χ0n) is 8.22. The third-order valence-electron chi connectivity index (χ3n) is 1.32. The summed E-state index contributed by atoms with van der Waals surface area (Å²) in [4.78, 5) is 1.82. The highest BCUT2D eigenvalue weighted by molar-refractivity contribution is 9.12. The van der Waals surface area contributed by atoms with Gasteiger partial charge in [0, 0.05) is 6.54 Å². The van der Waals surface area contributed by atoms with Gasteiger partial charge in [0.1, 0.15) is 9.21 Å². The van der Waals surface area contributed by atoms with Crippen LogP contribution in [0.25, 0.3) is 0 Å². The second kappa shape index (κ2) is 8.10. The lowest BCUT2D eigenvalue weighted by atomic mass is 10.5. The number of aliphatic hydroxyl groups is 1. The van der Waals surface area contributed by atoms with Crippen LogP contribution in [0.15, 0.2) is 32.8 Å². The molecule has 0 aliphatic carbocycles. The molecule has 0 rings (SSSR count). The Morgan fingerprint density at radius 3 is 1.93 bits per heavy atom. The van der Waals surface area contributed by atoms with Crippen LogP contribution in [0, 0.1) is 0 Å². The van der Waals surface area contributed by atoms with Crippen molar-refractivity contribution in [1.29, 1.82) is 0 Å². The fourth-order valence-corrected chi connectivity index (χ4v) is 2.18. The fraction of sp³-hybridized carbons (Fsp3) is 0.400. The van der Waals surface area contributed by atoms with Crippen molar-refractivity contribution < 1.29 is 5.11 Å². The third kappa shape index (κ3) is 4.85. The quantitative estimate of drug-likeness (QED) is 0.635. The molecule has 0 aliphatic rings. The number of aliphatic hydroxyl groups excluding tert-OH is 1. The van der Waals surface area contributed by atoms with Crippen LogP contribution in [0.5, 0.6) is 0 Å². The summed E-state index contributed by atoms with van der Waals surface area (Å²) in [6.45, 7) is 4.32. The summed E-state index contributed by atoms with van der Waals surface area (Å²) in [5.41, 5.74) is 5.98. The van der Waals surface area contributed by atoms with Gasteiger partial charge in [0.15, 0.2) is 0 Å². The average molecular weight is 323 g/mol. The molecule has 4 heteroatoms. The van der Waals surface area contributed by atoms with E-state index in [4.69, 9.17) is 5.11 Å². The van der Waals surface area contributed by atoms with Crippen LogP contribution < -0.4 is 0 Å². The number of hydrogen-bond donors (Lipinski definition) is 1. The fourth-order valence-electron chi connectivity index (χ4n) is 0.777. The van der Waals surface area contributed by atoms with E-state index in [1.54, 1.807) is 12.2 Å². The van der Waals surface area contributed by atoms with Crippen LogP contribution in [0.1, 0.15) is 13.8 Å². The van der Waals surface area contributed by atoms with Gasteiger partial charge < -0.3 is 10.0 Å². The normalized spacial score (nSPS) is 8.36. The van der Waals surface area contributed by atoms with E-state index in [-0.39, 0.29) is 6.61 Å². The minimum Gasteiger partial charge on any atom is -0.395 e. The monoisotopic (exact) mass is 321 g/mol. The Morgan fingerprint density at radius 2 is 1.64 bits per heavy atom. The molecule has 0 unspecified atom stereocenters. The molecule has 2 nitrogen and oxygen atoms in total. The molecule has 0 aromatic heterocycles. The highest BCUT2D eigenvalue weighted by Gasteiger charge is 2.08. The molecular formula is C10H13Br2NO. The van der Waals surface area contributed by atoms with E-state index >= 15 is 0 Å². The van der Waals surface area contributed by atoms with Gasteiger partial charge >= 0.3 is 0 Å². The lowest BCUT2D eigenvalue weighted by Crippen LogP contribution is -2.20. The molecule has 0 radical (unpaired) electrons. The molecule has 0 spiro atoms. The van der Waals surface area contributed by atoms with Crippen molar-refractivity contribution >= 4 is 31.9 Å². The molecular weight excluding hydrogens is 310 g/mol. The van der Waals surface area contributed by atoms with Crippen LogP contribution in [-0.4, -0.2) is 23.2 Å². The maximum atomic E-state index is 8.88. The molecule has 0 aliphatic heterocycles. The van der Waals surface area contributed by atoms with Crippen LogP contribution in [-0.2, 0) is 0 Å². The van der Waals surface area contributed by atoms with Crippen molar-refractivity contribution in [2.45, 2.75) is 13.8 Å². The predicted molar refractivity (Wildman–Crippen MR) is 66.2 cm³/mol. The Bertz CT molecular complexity index is 269. The van der Waals surface area contributed by atoms with Gasteiger partial charge in [-0.3, -0.25) is 0 Å².